The van der Waals surface area contributed by atoms with E-state index in [1.165, 1.54) is 19.3 Å². The van der Waals surface area contributed by atoms with Crippen molar-refractivity contribution in [1.82, 2.24) is 5.32 Å². The summed E-state index contributed by atoms with van der Waals surface area (Å²) in [6.07, 6.45) is 7.06. The Morgan fingerprint density at radius 3 is 2.65 bits per heavy atom. The van der Waals surface area contributed by atoms with Crippen LogP contribution in [0.1, 0.15) is 45.4 Å². The minimum absolute atomic E-state index is 0.00115. The van der Waals surface area contributed by atoms with E-state index in [0.29, 0.717) is 6.61 Å². The molecule has 0 spiro atoms. The van der Waals surface area contributed by atoms with Gasteiger partial charge in [-0.25, -0.2) is 0 Å². The Morgan fingerprint density at radius 2 is 2.12 bits per heavy atom. The molecule has 0 radical (unpaired) electrons. The second-order valence-corrected chi connectivity index (χ2v) is 6.10. The van der Waals surface area contributed by atoms with Crippen LogP contribution in [0.3, 0.4) is 0 Å². The van der Waals surface area contributed by atoms with E-state index < -0.39 is 0 Å². The Bertz CT molecular complexity index is 277. The highest BCUT2D eigenvalue weighted by atomic mass is 79.9. The molecular weight excluding hydrogens is 282 g/mol. The zero-order chi connectivity index (χ0) is 12.3. The average molecular weight is 304 g/mol. The summed E-state index contributed by atoms with van der Waals surface area (Å²) in [5, 5.41) is 4.15. The summed E-state index contributed by atoms with van der Waals surface area (Å²) in [5.41, 5.74) is 0.00115. The van der Waals surface area contributed by atoms with Gasteiger partial charge in [-0.2, -0.15) is 0 Å². The number of halogens is 1. The number of alkyl halides is 1. The van der Waals surface area contributed by atoms with E-state index in [4.69, 9.17) is 4.74 Å². The molecule has 1 amide bonds. The van der Waals surface area contributed by atoms with Gasteiger partial charge in [0.2, 0.25) is 5.91 Å². The summed E-state index contributed by atoms with van der Waals surface area (Å²) >= 11 is 3.57. The minimum atomic E-state index is 0.00115. The molecule has 98 valence electrons. The summed E-state index contributed by atoms with van der Waals surface area (Å²) < 4.78 is 5.47. The van der Waals surface area contributed by atoms with Gasteiger partial charge in [0.1, 0.15) is 0 Å². The fourth-order valence-electron chi connectivity index (χ4n) is 2.88. The van der Waals surface area contributed by atoms with Crippen molar-refractivity contribution in [3.05, 3.63) is 0 Å². The summed E-state index contributed by atoms with van der Waals surface area (Å²) in [6.45, 7) is 2.62. The summed E-state index contributed by atoms with van der Waals surface area (Å²) in [6, 6.07) is 0. The number of nitrogens with one attached hydrogen (secondary N) is 1. The third kappa shape index (κ3) is 3.22. The minimum Gasteiger partial charge on any atom is -0.378 e. The number of rotatable bonds is 3. The van der Waals surface area contributed by atoms with Crippen molar-refractivity contribution in [2.75, 3.05) is 11.9 Å². The van der Waals surface area contributed by atoms with Crippen LogP contribution in [0.4, 0.5) is 0 Å². The molecule has 0 bridgehead atoms. The molecule has 0 aromatic carbocycles. The van der Waals surface area contributed by atoms with Gasteiger partial charge in [0.15, 0.2) is 0 Å². The van der Waals surface area contributed by atoms with Crippen LogP contribution in [-0.2, 0) is 9.53 Å². The highest BCUT2D eigenvalue weighted by Crippen LogP contribution is 2.31. The first-order valence-electron chi connectivity index (χ1n) is 6.65. The smallest absolute Gasteiger partial charge is 0.225 e. The predicted molar refractivity (Wildman–Crippen MR) is 71.3 cm³/mol. The van der Waals surface area contributed by atoms with E-state index >= 15 is 0 Å². The number of amides is 1. The number of hydrogen-bond acceptors (Lipinski definition) is 2. The van der Waals surface area contributed by atoms with E-state index in [1.54, 1.807) is 0 Å². The van der Waals surface area contributed by atoms with Crippen LogP contribution in [0.2, 0.25) is 0 Å². The summed E-state index contributed by atoms with van der Waals surface area (Å²) in [5.74, 6) is 0.249. The molecule has 1 aliphatic heterocycles. The summed E-state index contributed by atoms with van der Waals surface area (Å²) in [7, 11) is 0. The van der Waals surface area contributed by atoms with Gasteiger partial charge >= 0.3 is 0 Å². The second-order valence-electron chi connectivity index (χ2n) is 5.54. The lowest BCUT2D eigenvalue weighted by Crippen LogP contribution is -2.53. The molecule has 0 aromatic rings. The van der Waals surface area contributed by atoms with Crippen LogP contribution in [-0.4, -0.2) is 29.5 Å². The SMILES string of the molecule is CC1CC(C(=O)NC2(CBr)CCCCC2)CO1. The van der Waals surface area contributed by atoms with Gasteiger partial charge in [0, 0.05) is 10.9 Å². The lowest BCUT2D eigenvalue weighted by Gasteiger charge is -2.37. The van der Waals surface area contributed by atoms with Gasteiger partial charge in [0.05, 0.1) is 18.6 Å². The predicted octanol–water partition coefficient (Wildman–Crippen LogP) is 2.63. The van der Waals surface area contributed by atoms with Gasteiger partial charge in [-0.1, -0.05) is 35.2 Å². The molecule has 2 aliphatic rings. The van der Waals surface area contributed by atoms with Crippen LogP contribution < -0.4 is 5.32 Å². The lowest BCUT2D eigenvalue weighted by atomic mass is 9.83. The summed E-state index contributed by atoms with van der Waals surface area (Å²) in [4.78, 5) is 12.2. The molecule has 4 heteroatoms. The molecule has 2 unspecified atom stereocenters. The number of hydrogen-bond donors (Lipinski definition) is 1. The normalized spacial score (nSPS) is 32.4. The van der Waals surface area contributed by atoms with Crippen LogP contribution >= 0.6 is 15.9 Å². The van der Waals surface area contributed by atoms with Crippen molar-refractivity contribution in [2.45, 2.75) is 57.1 Å². The van der Waals surface area contributed by atoms with Crippen LogP contribution in [0.25, 0.3) is 0 Å². The monoisotopic (exact) mass is 303 g/mol. The third-order valence-electron chi connectivity index (χ3n) is 4.02. The van der Waals surface area contributed by atoms with E-state index in [1.807, 2.05) is 6.92 Å². The molecule has 2 fully saturated rings. The van der Waals surface area contributed by atoms with Gasteiger partial charge in [-0.05, 0) is 26.2 Å². The Balaban J connectivity index is 1.91. The quantitative estimate of drug-likeness (QED) is 0.814. The van der Waals surface area contributed by atoms with E-state index in [9.17, 15) is 4.79 Å². The van der Waals surface area contributed by atoms with Gasteiger partial charge in [-0.15, -0.1) is 0 Å². The van der Waals surface area contributed by atoms with E-state index in [0.717, 1.165) is 24.6 Å². The maximum absolute atomic E-state index is 12.2. The first-order valence-corrected chi connectivity index (χ1v) is 7.77. The average Bonchev–Trinajstić information content (AvgIpc) is 2.77. The van der Waals surface area contributed by atoms with Crippen molar-refractivity contribution in [2.24, 2.45) is 5.92 Å². The first-order chi connectivity index (χ1) is 8.15. The zero-order valence-electron chi connectivity index (χ0n) is 10.5. The Morgan fingerprint density at radius 1 is 1.41 bits per heavy atom. The largest absolute Gasteiger partial charge is 0.378 e. The Hall–Kier alpha value is -0.0900. The van der Waals surface area contributed by atoms with Crippen LogP contribution in [0.15, 0.2) is 0 Å². The van der Waals surface area contributed by atoms with E-state index in [-0.39, 0.29) is 23.5 Å². The Kier molecular flexibility index (Phi) is 4.47. The lowest BCUT2D eigenvalue weighted by molar-refractivity contribution is -0.127. The molecule has 1 aliphatic carbocycles. The molecule has 1 saturated heterocycles. The van der Waals surface area contributed by atoms with Crippen LogP contribution in [0, 0.1) is 5.92 Å². The number of carbonyl (C=O) groups is 1. The van der Waals surface area contributed by atoms with Crippen molar-refractivity contribution in [3.8, 4) is 0 Å². The number of carbonyl (C=O) groups excluding carboxylic acids is 1. The Labute approximate surface area is 112 Å². The van der Waals surface area contributed by atoms with Crippen molar-refractivity contribution < 1.29 is 9.53 Å². The van der Waals surface area contributed by atoms with Gasteiger partial charge in [-0.3, -0.25) is 4.79 Å². The third-order valence-corrected chi connectivity index (χ3v) is 5.10. The van der Waals surface area contributed by atoms with Gasteiger partial charge in [0.25, 0.3) is 0 Å². The fourth-order valence-corrected chi connectivity index (χ4v) is 3.58. The molecule has 1 N–H and O–H groups in total. The molecule has 2 rings (SSSR count). The fraction of sp³-hybridized carbons (Fsp3) is 0.923. The van der Waals surface area contributed by atoms with Gasteiger partial charge < -0.3 is 10.1 Å². The molecule has 0 aromatic heterocycles. The molecule has 1 saturated carbocycles. The van der Waals surface area contributed by atoms with Crippen LogP contribution in [0.5, 0.6) is 0 Å². The standard InChI is InChI=1S/C13H22BrNO2/c1-10-7-11(8-17-10)12(16)15-13(9-14)5-3-2-4-6-13/h10-11H,2-9H2,1H3,(H,15,16). The van der Waals surface area contributed by atoms with Crippen molar-refractivity contribution in [3.63, 3.8) is 0 Å². The molecule has 2 atom stereocenters. The maximum atomic E-state index is 12.2. The highest BCUT2D eigenvalue weighted by Gasteiger charge is 2.36. The van der Waals surface area contributed by atoms with E-state index in [2.05, 4.69) is 21.2 Å². The highest BCUT2D eigenvalue weighted by molar-refractivity contribution is 9.09. The van der Waals surface area contributed by atoms with Crippen molar-refractivity contribution in [1.29, 1.82) is 0 Å². The molecule has 17 heavy (non-hydrogen) atoms. The maximum Gasteiger partial charge on any atom is 0.225 e. The second kappa shape index (κ2) is 5.70. The van der Waals surface area contributed by atoms with Crippen molar-refractivity contribution >= 4 is 21.8 Å². The molecular formula is C13H22BrNO2. The zero-order valence-corrected chi connectivity index (χ0v) is 12.1. The number of ether oxygens (including phenoxy) is 1. The molecule has 1 heterocycles. The first kappa shape index (κ1) is 13.3. The topological polar surface area (TPSA) is 38.3 Å². The molecule has 3 nitrogen and oxygen atoms in total.